The number of hydrogen-bond donors (Lipinski definition) is 0. The molecule has 0 saturated heterocycles. The topological polar surface area (TPSA) is 40.6 Å². The smallest absolute Gasteiger partial charge is 0.232 e. The highest BCUT2D eigenvalue weighted by molar-refractivity contribution is 5.85. The fraction of sp³-hybridized carbons (Fsp3) is 0.765. The standard InChI is InChI=1S/C34H54N2O2/c1-6-33(2,3)31(37)36-25-15-20-28(30(36)27-18-11-8-12-19-27)22-23-34(4,5)32(38)35-24-14-13-21-29(35)26-16-9-7-10-17-26/h6,13,20-21,26-27,29-30H,1,7-12,14-19,22-25H2,2-5H3/t29-,30+/m0/s1. The van der Waals surface area contributed by atoms with E-state index in [4.69, 9.17) is 0 Å². The summed E-state index contributed by atoms with van der Waals surface area (Å²) >= 11 is 0. The van der Waals surface area contributed by atoms with Gasteiger partial charge in [0.2, 0.25) is 11.8 Å². The normalized spacial score (nSPS) is 26.3. The maximum Gasteiger partial charge on any atom is 0.232 e. The average molecular weight is 523 g/mol. The molecule has 4 rings (SSSR count). The van der Waals surface area contributed by atoms with Crippen LogP contribution in [0.1, 0.15) is 118 Å². The summed E-state index contributed by atoms with van der Waals surface area (Å²) in [6, 6.07) is 0.448. The zero-order chi connectivity index (χ0) is 27.3. The third-order valence-corrected chi connectivity index (χ3v) is 10.2. The molecule has 0 radical (unpaired) electrons. The van der Waals surface area contributed by atoms with Crippen LogP contribution in [0.4, 0.5) is 0 Å². The third-order valence-electron chi connectivity index (χ3n) is 10.2. The molecule has 4 aliphatic rings. The molecule has 38 heavy (non-hydrogen) atoms. The Balaban J connectivity index is 1.49. The van der Waals surface area contributed by atoms with Crippen LogP contribution in [0.25, 0.3) is 0 Å². The van der Waals surface area contributed by atoms with Gasteiger partial charge in [-0.25, -0.2) is 0 Å². The van der Waals surface area contributed by atoms with Gasteiger partial charge in [0.25, 0.3) is 0 Å². The molecule has 2 saturated carbocycles. The Morgan fingerprint density at radius 1 is 0.868 bits per heavy atom. The largest absolute Gasteiger partial charge is 0.335 e. The summed E-state index contributed by atoms with van der Waals surface area (Å²) in [6.45, 7) is 13.9. The average Bonchev–Trinajstić information content (AvgIpc) is 2.96. The Labute approximate surface area is 233 Å². The highest BCUT2D eigenvalue weighted by Crippen LogP contribution is 2.41. The van der Waals surface area contributed by atoms with Gasteiger partial charge in [0.15, 0.2) is 0 Å². The van der Waals surface area contributed by atoms with Crippen LogP contribution in [0.2, 0.25) is 0 Å². The molecular formula is C34H54N2O2. The predicted molar refractivity (Wildman–Crippen MR) is 158 cm³/mol. The summed E-state index contributed by atoms with van der Waals surface area (Å²) in [7, 11) is 0. The highest BCUT2D eigenvalue weighted by atomic mass is 16.2. The molecule has 0 aromatic heterocycles. The molecule has 0 N–H and O–H groups in total. The second kappa shape index (κ2) is 12.6. The minimum atomic E-state index is -0.555. The van der Waals surface area contributed by atoms with E-state index in [-0.39, 0.29) is 18.0 Å². The van der Waals surface area contributed by atoms with Crippen molar-refractivity contribution in [2.75, 3.05) is 13.1 Å². The lowest BCUT2D eigenvalue weighted by molar-refractivity contribution is -0.144. The Morgan fingerprint density at radius 3 is 2.11 bits per heavy atom. The molecule has 0 aromatic carbocycles. The number of carbonyl (C=O) groups is 2. The molecule has 2 aliphatic heterocycles. The van der Waals surface area contributed by atoms with E-state index in [0.717, 1.165) is 38.8 Å². The van der Waals surface area contributed by atoms with Gasteiger partial charge in [-0.15, -0.1) is 6.58 Å². The molecule has 212 valence electrons. The molecule has 2 heterocycles. The third kappa shape index (κ3) is 6.48. The van der Waals surface area contributed by atoms with Gasteiger partial charge in [0, 0.05) is 18.5 Å². The van der Waals surface area contributed by atoms with E-state index >= 15 is 0 Å². The Kier molecular flexibility index (Phi) is 9.63. The number of amides is 2. The summed E-state index contributed by atoms with van der Waals surface area (Å²) in [4.78, 5) is 32.2. The molecule has 0 unspecified atom stereocenters. The first kappa shape index (κ1) is 29.2. The molecule has 4 heteroatoms. The van der Waals surface area contributed by atoms with Crippen LogP contribution in [0, 0.1) is 22.7 Å². The van der Waals surface area contributed by atoms with E-state index in [1.54, 1.807) is 0 Å². The van der Waals surface area contributed by atoms with Crippen LogP contribution < -0.4 is 0 Å². The zero-order valence-corrected chi connectivity index (χ0v) is 24.9. The molecule has 0 bridgehead atoms. The number of carbonyl (C=O) groups excluding carboxylic acids is 2. The highest BCUT2D eigenvalue weighted by Gasteiger charge is 2.42. The number of hydrogen-bond acceptors (Lipinski definition) is 2. The van der Waals surface area contributed by atoms with Gasteiger partial charge in [-0.05, 0) is 77.0 Å². The maximum absolute atomic E-state index is 14.1. The molecular weight excluding hydrogens is 468 g/mol. The van der Waals surface area contributed by atoms with Crippen molar-refractivity contribution in [2.45, 2.75) is 130 Å². The molecule has 2 amide bonds. The van der Waals surface area contributed by atoms with Crippen LogP contribution in [0.5, 0.6) is 0 Å². The van der Waals surface area contributed by atoms with Crippen LogP contribution in [-0.2, 0) is 9.59 Å². The molecule has 2 fully saturated rings. The van der Waals surface area contributed by atoms with Crippen molar-refractivity contribution in [2.24, 2.45) is 22.7 Å². The number of nitrogens with zero attached hydrogens (tertiary/aromatic N) is 2. The summed E-state index contributed by atoms with van der Waals surface area (Å²) in [6.07, 6.45) is 25.1. The van der Waals surface area contributed by atoms with E-state index in [9.17, 15) is 9.59 Å². The molecule has 0 aromatic rings. The van der Waals surface area contributed by atoms with Crippen molar-refractivity contribution in [3.63, 3.8) is 0 Å². The predicted octanol–water partition coefficient (Wildman–Crippen LogP) is 7.85. The van der Waals surface area contributed by atoms with Crippen molar-refractivity contribution in [1.82, 2.24) is 9.80 Å². The first-order valence-electron chi connectivity index (χ1n) is 15.8. The molecule has 4 nitrogen and oxygen atoms in total. The minimum absolute atomic E-state index is 0.176. The van der Waals surface area contributed by atoms with Crippen LogP contribution in [-0.4, -0.2) is 46.8 Å². The van der Waals surface area contributed by atoms with Crippen molar-refractivity contribution in [3.05, 3.63) is 36.5 Å². The monoisotopic (exact) mass is 522 g/mol. The van der Waals surface area contributed by atoms with Gasteiger partial charge in [-0.3, -0.25) is 9.59 Å². The van der Waals surface area contributed by atoms with Crippen molar-refractivity contribution < 1.29 is 9.59 Å². The van der Waals surface area contributed by atoms with Gasteiger partial charge in [0.1, 0.15) is 0 Å². The van der Waals surface area contributed by atoms with Gasteiger partial charge < -0.3 is 9.80 Å². The van der Waals surface area contributed by atoms with Crippen molar-refractivity contribution in [1.29, 1.82) is 0 Å². The summed E-state index contributed by atoms with van der Waals surface area (Å²) in [5, 5.41) is 0. The first-order valence-corrected chi connectivity index (χ1v) is 15.8. The summed E-state index contributed by atoms with van der Waals surface area (Å²) in [5.41, 5.74) is 0.433. The Bertz CT molecular complexity index is 901. The van der Waals surface area contributed by atoms with Gasteiger partial charge in [0.05, 0.1) is 17.5 Å². The van der Waals surface area contributed by atoms with E-state index in [1.165, 1.54) is 69.8 Å². The van der Waals surface area contributed by atoms with E-state index in [2.05, 4.69) is 48.5 Å². The molecule has 2 atom stereocenters. The number of rotatable bonds is 8. The SMILES string of the molecule is C=CC(C)(C)C(=O)N1CCC=C(CCC(C)(C)C(=O)N2CCC=C[C@H]2C2CCCCC2)[C@H]1C1CCCCC1. The fourth-order valence-corrected chi connectivity index (χ4v) is 7.57. The summed E-state index contributed by atoms with van der Waals surface area (Å²) in [5.74, 6) is 1.68. The van der Waals surface area contributed by atoms with E-state index in [1.807, 2.05) is 19.9 Å². The van der Waals surface area contributed by atoms with Gasteiger partial charge >= 0.3 is 0 Å². The van der Waals surface area contributed by atoms with Crippen LogP contribution >= 0.6 is 0 Å². The molecule has 2 aliphatic carbocycles. The lowest BCUT2D eigenvalue weighted by Gasteiger charge is -2.46. The minimum Gasteiger partial charge on any atom is -0.335 e. The quantitative estimate of drug-likeness (QED) is 0.305. The van der Waals surface area contributed by atoms with Gasteiger partial charge in [-0.1, -0.05) is 82.2 Å². The molecule has 0 spiro atoms. The lowest BCUT2D eigenvalue weighted by Crippen LogP contribution is -2.53. The van der Waals surface area contributed by atoms with E-state index < -0.39 is 10.8 Å². The van der Waals surface area contributed by atoms with Crippen LogP contribution in [0.15, 0.2) is 36.5 Å². The Hall–Kier alpha value is -1.84. The van der Waals surface area contributed by atoms with Gasteiger partial charge in [-0.2, -0.15) is 0 Å². The van der Waals surface area contributed by atoms with Crippen molar-refractivity contribution >= 4 is 11.8 Å². The summed E-state index contributed by atoms with van der Waals surface area (Å²) < 4.78 is 0. The Morgan fingerprint density at radius 2 is 1.47 bits per heavy atom. The van der Waals surface area contributed by atoms with E-state index in [0.29, 0.717) is 17.7 Å². The van der Waals surface area contributed by atoms with Crippen LogP contribution in [0.3, 0.4) is 0 Å². The maximum atomic E-state index is 14.1. The second-order valence-corrected chi connectivity index (χ2v) is 13.8. The second-order valence-electron chi connectivity index (χ2n) is 13.8. The zero-order valence-electron chi connectivity index (χ0n) is 24.9. The fourth-order valence-electron chi connectivity index (χ4n) is 7.57. The van der Waals surface area contributed by atoms with Crippen molar-refractivity contribution in [3.8, 4) is 0 Å². The lowest BCUT2D eigenvalue weighted by atomic mass is 9.74. The first-order chi connectivity index (χ1) is 18.2.